The van der Waals surface area contributed by atoms with Gasteiger partial charge < -0.3 is 21.7 Å². The number of allylic oxidation sites excluding steroid dienone is 2. The lowest BCUT2D eigenvalue weighted by Gasteiger charge is -1.92. The van der Waals surface area contributed by atoms with E-state index in [0.29, 0.717) is 11.4 Å². The van der Waals surface area contributed by atoms with Gasteiger partial charge in [0, 0.05) is 0 Å². The quantitative estimate of drug-likeness (QED) is 0.378. The SMILES string of the molecule is CC/C=C/CC.Nc1ccccc1O.Nc1ccccc1O. The third-order valence-electron chi connectivity index (χ3n) is 2.51. The number of para-hydroxylation sites is 4. The van der Waals surface area contributed by atoms with Gasteiger partial charge in [0.1, 0.15) is 11.5 Å². The number of hydrogen-bond acceptors (Lipinski definition) is 4. The molecule has 0 unspecified atom stereocenters. The fourth-order valence-corrected chi connectivity index (χ4v) is 1.31. The van der Waals surface area contributed by atoms with Crippen molar-refractivity contribution in [2.75, 3.05) is 11.5 Å². The number of anilines is 2. The molecule has 6 N–H and O–H groups in total. The highest BCUT2D eigenvalue weighted by Crippen LogP contribution is 2.16. The lowest BCUT2D eigenvalue weighted by molar-refractivity contribution is 0.477. The Kier molecular flexibility index (Phi) is 10.7. The molecule has 120 valence electrons. The van der Waals surface area contributed by atoms with E-state index in [1.807, 2.05) is 0 Å². The molecule has 2 aromatic rings. The predicted molar refractivity (Wildman–Crippen MR) is 94.8 cm³/mol. The van der Waals surface area contributed by atoms with Crippen molar-refractivity contribution >= 4 is 11.4 Å². The summed E-state index contributed by atoms with van der Waals surface area (Å²) in [6.07, 6.45) is 6.71. The molecule has 0 aromatic heterocycles. The number of phenolic OH excluding ortho intramolecular Hbond substituents is 2. The first-order valence-corrected chi connectivity index (χ1v) is 7.24. The largest absolute Gasteiger partial charge is 0.506 e. The Morgan fingerprint density at radius 2 is 1.05 bits per heavy atom. The minimum absolute atomic E-state index is 0.146. The Morgan fingerprint density at radius 3 is 1.23 bits per heavy atom. The van der Waals surface area contributed by atoms with E-state index in [9.17, 15) is 0 Å². The smallest absolute Gasteiger partial charge is 0.138 e. The van der Waals surface area contributed by atoms with Crippen LogP contribution in [0.3, 0.4) is 0 Å². The van der Waals surface area contributed by atoms with Crippen LogP contribution >= 0.6 is 0 Å². The first-order valence-electron chi connectivity index (χ1n) is 7.24. The molecular weight excluding hydrogens is 276 g/mol. The van der Waals surface area contributed by atoms with Crippen molar-refractivity contribution in [3.05, 3.63) is 60.7 Å². The van der Waals surface area contributed by atoms with Crippen molar-refractivity contribution in [2.24, 2.45) is 0 Å². The highest BCUT2D eigenvalue weighted by molar-refractivity contribution is 5.51. The van der Waals surface area contributed by atoms with Gasteiger partial charge in [-0.2, -0.15) is 0 Å². The molecule has 0 atom stereocenters. The van der Waals surface area contributed by atoms with Crippen LogP contribution in [0.25, 0.3) is 0 Å². The Hall–Kier alpha value is -2.62. The first kappa shape index (κ1) is 19.4. The van der Waals surface area contributed by atoms with Gasteiger partial charge in [-0.25, -0.2) is 0 Å². The molecule has 4 nitrogen and oxygen atoms in total. The highest BCUT2D eigenvalue weighted by Gasteiger charge is 1.88. The monoisotopic (exact) mass is 302 g/mol. The Balaban J connectivity index is 0.000000306. The van der Waals surface area contributed by atoms with E-state index >= 15 is 0 Å². The average Bonchev–Trinajstić information content (AvgIpc) is 2.52. The number of benzene rings is 2. The fraction of sp³-hybridized carbons (Fsp3) is 0.222. The minimum atomic E-state index is 0.146. The van der Waals surface area contributed by atoms with E-state index in [1.165, 1.54) is 12.8 Å². The molecule has 0 saturated heterocycles. The fourth-order valence-electron chi connectivity index (χ4n) is 1.31. The van der Waals surface area contributed by atoms with Crippen LogP contribution < -0.4 is 11.5 Å². The van der Waals surface area contributed by atoms with Gasteiger partial charge in [0.2, 0.25) is 0 Å². The number of rotatable bonds is 2. The van der Waals surface area contributed by atoms with Gasteiger partial charge in [0.25, 0.3) is 0 Å². The van der Waals surface area contributed by atoms with Crippen LogP contribution in [-0.4, -0.2) is 10.2 Å². The molecule has 0 amide bonds. The molecule has 0 bridgehead atoms. The summed E-state index contributed by atoms with van der Waals surface area (Å²) in [5, 5.41) is 17.6. The maximum Gasteiger partial charge on any atom is 0.138 e. The maximum atomic E-state index is 8.79. The minimum Gasteiger partial charge on any atom is -0.506 e. The zero-order valence-corrected chi connectivity index (χ0v) is 13.2. The van der Waals surface area contributed by atoms with Crippen molar-refractivity contribution in [1.82, 2.24) is 0 Å². The summed E-state index contributed by atoms with van der Waals surface area (Å²) in [5.41, 5.74) is 11.4. The van der Waals surface area contributed by atoms with Crippen LogP contribution in [0, 0.1) is 0 Å². The van der Waals surface area contributed by atoms with E-state index in [1.54, 1.807) is 48.5 Å². The molecule has 0 aliphatic heterocycles. The molecular formula is C18H26N2O2. The Bertz CT molecular complexity index is 463. The summed E-state index contributed by atoms with van der Waals surface area (Å²) in [5.74, 6) is 0.292. The van der Waals surface area contributed by atoms with Gasteiger partial charge in [-0.05, 0) is 37.1 Å². The third kappa shape index (κ3) is 9.31. The molecule has 22 heavy (non-hydrogen) atoms. The summed E-state index contributed by atoms with van der Waals surface area (Å²) in [6, 6.07) is 13.4. The summed E-state index contributed by atoms with van der Waals surface area (Å²) >= 11 is 0. The molecule has 0 fully saturated rings. The van der Waals surface area contributed by atoms with Crippen LogP contribution in [0.2, 0.25) is 0 Å². The lowest BCUT2D eigenvalue weighted by Crippen LogP contribution is -1.82. The third-order valence-corrected chi connectivity index (χ3v) is 2.51. The van der Waals surface area contributed by atoms with Crippen molar-refractivity contribution in [1.29, 1.82) is 0 Å². The van der Waals surface area contributed by atoms with E-state index in [-0.39, 0.29) is 11.5 Å². The molecule has 2 aromatic carbocycles. The van der Waals surface area contributed by atoms with Crippen LogP contribution in [-0.2, 0) is 0 Å². The zero-order valence-electron chi connectivity index (χ0n) is 13.2. The number of hydrogen-bond donors (Lipinski definition) is 4. The van der Waals surface area contributed by atoms with E-state index in [4.69, 9.17) is 21.7 Å². The van der Waals surface area contributed by atoms with Crippen molar-refractivity contribution in [2.45, 2.75) is 26.7 Å². The molecule has 0 radical (unpaired) electrons. The van der Waals surface area contributed by atoms with Gasteiger partial charge >= 0.3 is 0 Å². The second kappa shape index (κ2) is 12.1. The lowest BCUT2D eigenvalue weighted by atomic mass is 10.3. The van der Waals surface area contributed by atoms with Crippen molar-refractivity contribution < 1.29 is 10.2 Å². The van der Waals surface area contributed by atoms with Gasteiger partial charge in [-0.1, -0.05) is 50.3 Å². The number of aromatic hydroxyl groups is 2. The average molecular weight is 302 g/mol. The molecule has 0 aliphatic carbocycles. The second-order valence-corrected chi connectivity index (χ2v) is 4.41. The van der Waals surface area contributed by atoms with Crippen LogP contribution in [0.1, 0.15) is 26.7 Å². The number of phenols is 2. The summed E-state index contributed by atoms with van der Waals surface area (Å²) in [6.45, 7) is 4.29. The van der Waals surface area contributed by atoms with Gasteiger partial charge in [-0.15, -0.1) is 0 Å². The van der Waals surface area contributed by atoms with Crippen LogP contribution in [0.5, 0.6) is 11.5 Å². The molecule has 0 saturated carbocycles. The van der Waals surface area contributed by atoms with Crippen molar-refractivity contribution in [3.8, 4) is 11.5 Å². The molecule has 0 heterocycles. The number of nitrogens with two attached hydrogens (primary N) is 2. The van der Waals surface area contributed by atoms with Crippen molar-refractivity contribution in [3.63, 3.8) is 0 Å². The van der Waals surface area contributed by atoms with E-state index in [0.717, 1.165) is 0 Å². The summed E-state index contributed by atoms with van der Waals surface area (Å²) in [7, 11) is 0. The normalized spacial score (nSPS) is 9.36. The predicted octanol–water partition coefficient (Wildman–Crippen LogP) is 4.31. The molecule has 0 spiro atoms. The Morgan fingerprint density at radius 1 is 0.727 bits per heavy atom. The number of nitrogen functional groups attached to an aromatic ring is 2. The van der Waals surface area contributed by atoms with Crippen LogP contribution in [0.4, 0.5) is 11.4 Å². The highest BCUT2D eigenvalue weighted by atomic mass is 16.3. The van der Waals surface area contributed by atoms with Gasteiger partial charge in [-0.3, -0.25) is 0 Å². The van der Waals surface area contributed by atoms with Gasteiger partial charge in [0.15, 0.2) is 0 Å². The second-order valence-electron chi connectivity index (χ2n) is 4.41. The van der Waals surface area contributed by atoms with Crippen LogP contribution in [0.15, 0.2) is 60.7 Å². The molecule has 2 rings (SSSR count). The standard InChI is InChI=1S/2C6H7NO.C6H12/c2*7-5-3-1-2-4-6(5)8;1-3-5-6-4-2/h2*1-4,8H,7H2;5-6H,3-4H2,1-2H3/b;;6-5+. The molecule has 0 aliphatic rings. The van der Waals surface area contributed by atoms with E-state index in [2.05, 4.69) is 26.0 Å². The Labute approximate surface area is 132 Å². The van der Waals surface area contributed by atoms with E-state index < -0.39 is 0 Å². The van der Waals surface area contributed by atoms with Gasteiger partial charge in [0.05, 0.1) is 11.4 Å². The topological polar surface area (TPSA) is 92.5 Å². The maximum absolute atomic E-state index is 8.79. The summed E-state index contributed by atoms with van der Waals surface area (Å²) in [4.78, 5) is 0. The summed E-state index contributed by atoms with van der Waals surface area (Å²) < 4.78 is 0. The first-order chi connectivity index (χ1) is 10.5. The molecule has 4 heteroatoms. The zero-order chi connectivity index (χ0) is 16.8.